The van der Waals surface area contributed by atoms with Gasteiger partial charge in [0.15, 0.2) is 0 Å². The molecule has 0 spiro atoms. The van der Waals surface area contributed by atoms with E-state index in [1.54, 1.807) is 0 Å². The molecule has 16 heavy (non-hydrogen) atoms. The quantitative estimate of drug-likeness (QED) is 0.668. The number of hydrogen-bond donors (Lipinski definition) is 2. The third kappa shape index (κ3) is 4.06. The molecular formula is C14H29NO. The highest BCUT2D eigenvalue weighted by Crippen LogP contribution is 2.34. The van der Waals surface area contributed by atoms with Crippen LogP contribution in [-0.4, -0.2) is 23.3 Å². The van der Waals surface area contributed by atoms with E-state index in [0.29, 0.717) is 12.0 Å². The van der Waals surface area contributed by atoms with Gasteiger partial charge in [0.1, 0.15) is 0 Å². The molecule has 1 aliphatic carbocycles. The van der Waals surface area contributed by atoms with Gasteiger partial charge >= 0.3 is 0 Å². The second-order valence-electron chi connectivity index (χ2n) is 5.78. The van der Waals surface area contributed by atoms with Crippen LogP contribution in [0.25, 0.3) is 0 Å². The van der Waals surface area contributed by atoms with E-state index < -0.39 is 5.60 Å². The minimum Gasteiger partial charge on any atom is -0.389 e. The van der Waals surface area contributed by atoms with Crippen molar-refractivity contribution in [2.45, 2.75) is 71.4 Å². The number of aliphatic hydroxyl groups is 1. The fraction of sp³-hybridized carbons (Fsp3) is 1.00. The number of nitrogens with one attached hydrogen (secondary N) is 1. The molecule has 1 saturated carbocycles. The Kier molecular flexibility index (Phi) is 5.26. The zero-order chi connectivity index (χ0) is 12.2. The van der Waals surface area contributed by atoms with Gasteiger partial charge in [-0.3, -0.25) is 0 Å². The predicted molar refractivity (Wildman–Crippen MR) is 69.5 cm³/mol. The van der Waals surface area contributed by atoms with Gasteiger partial charge in [0.05, 0.1) is 5.60 Å². The van der Waals surface area contributed by atoms with E-state index in [4.69, 9.17) is 0 Å². The van der Waals surface area contributed by atoms with Gasteiger partial charge in [0.2, 0.25) is 0 Å². The maximum Gasteiger partial charge on any atom is 0.0768 e. The molecule has 0 saturated heterocycles. The highest BCUT2D eigenvalue weighted by Gasteiger charge is 2.33. The van der Waals surface area contributed by atoms with Crippen LogP contribution >= 0.6 is 0 Å². The van der Waals surface area contributed by atoms with Gasteiger partial charge in [0.25, 0.3) is 0 Å². The first-order chi connectivity index (χ1) is 7.51. The van der Waals surface area contributed by atoms with Crippen LogP contribution in [0.3, 0.4) is 0 Å². The van der Waals surface area contributed by atoms with E-state index >= 15 is 0 Å². The molecule has 2 nitrogen and oxygen atoms in total. The van der Waals surface area contributed by atoms with Crippen LogP contribution in [0.15, 0.2) is 0 Å². The van der Waals surface area contributed by atoms with Crippen LogP contribution in [0.2, 0.25) is 0 Å². The van der Waals surface area contributed by atoms with Crippen molar-refractivity contribution in [1.82, 2.24) is 5.32 Å². The van der Waals surface area contributed by atoms with Crippen LogP contribution < -0.4 is 5.32 Å². The van der Waals surface area contributed by atoms with Gasteiger partial charge < -0.3 is 10.4 Å². The third-order valence-corrected chi connectivity index (χ3v) is 4.19. The Hall–Kier alpha value is -0.0800. The maximum absolute atomic E-state index is 10.3. The molecule has 0 aromatic carbocycles. The van der Waals surface area contributed by atoms with Gasteiger partial charge in [-0.1, -0.05) is 33.6 Å². The first-order valence-electron chi connectivity index (χ1n) is 6.97. The van der Waals surface area contributed by atoms with Gasteiger partial charge in [0, 0.05) is 12.6 Å². The summed E-state index contributed by atoms with van der Waals surface area (Å²) in [6.07, 6.45) is 6.28. The molecule has 2 N–H and O–H groups in total. The summed E-state index contributed by atoms with van der Waals surface area (Å²) in [6.45, 7) is 9.22. The summed E-state index contributed by atoms with van der Waals surface area (Å²) >= 11 is 0. The lowest BCUT2D eigenvalue weighted by atomic mass is 9.88. The monoisotopic (exact) mass is 227 g/mol. The zero-order valence-electron chi connectivity index (χ0n) is 11.4. The summed E-state index contributed by atoms with van der Waals surface area (Å²) < 4.78 is 0. The first-order valence-corrected chi connectivity index (χ1v) is 6.97. The fourth-order valence-electron chi connectivity index (χ4n) is 2.27. The lowest BCUT2D eigenvalue weighted by Crippen LogP contribution is -2.47. The highest BCUT2D eigenvalue weighted by molar-refractivity contribution is 4.89. The minimum absolute atomic E-state index is 0.362. The van der Waals surface area contributed by atoms with Gasteiger partial charge in [-0.2, -0.15) is 0 Å². The van der Waals surface area contributed by atoms with Crippen molar-refractivity contribution in [3.63, 3.8) is 0 Å². The largest absolute Gasteiger partial charge is 0.389 e. The molecule has 3 unspecified atom stereocenters. The summed E-state index contributed by atoms with van der Waals surface area (Å²) in [5.41, 5.74) is -0.560. The summed E-state index contributed by atoms with van der Waals surface area (Å²) in [7, 11) is 0. The SMILES string of the molecule is CCCC(NCC(C)(O)C(C)CC)C1CC1. The van der Waals surface area contributed by atoms with E-state index in [2.05, 4.69) is 26.1 Å². The smallest absolute Gasteiger partial charge is 0.0768 e. The van der Waals surface area contributed by atoms with Crippen molar-refractivity contribution in [2.24, 2.45) is 11.8 Å². The van der Waals surface area contributed by atoms with Crippen molar-refractivity contribution in [3.05, 3.63) is 0 Å². The lowest BCUT2D eigenvalue weighted by molar-refractivity contribution is 0.00246. The fourth-order valence-corrected chi connectivity index (χ4v) is 2.27. The second kappa shape index (κ2) is 6.02. The third-order valence-electron chi connectivity index (χ3n) is 4.19. The minimum atomic E-state index is -0.560. The molecule has 0 heterocycles. The lowest BCUT2D eigenvalue weighted by Gasteiger charge is -2.32. The maximum atomic E-state index is 10.3. The van der Waals surface area contributed by atoms with Gasteiger partial charge in [-0.25, -0.2) is 0 Å². The molecule has 0 bridgehead atoms. The van der Waals surface area contributed by atoms with E-state index in [0.717, 1.165) is 18.9 Å². The molecule has 0 aliphatic heterocycles. The average molecular weight is 227 g/mol. The van der Waals surface area contributed by atoms with Gasteiger partial charge in [-0.05, 0) is 38.0 Å². The Morgan fingerprint density at radius 1 is 1.38 bits per heavy atom. The average Bonchev–Trinajstić information content (AvgIpc) is 3.06. The molecule has 3 atom stereocenters. The standard InChI is InChI=1S/C14H29NO/c1-5-7-13(12-8-9-12)15-10-14(4,16)11(3)6-2/h11-13,15-16H,5-10H2,1-4H3. The zero-order valence-corrected chi connectivity index (χ0v) is 11.4. The van der Waals surface area contributed by atoms with Crippen molar-refractivity contribution in [3.8, 4) is 0 Å². The molecule has 0 aromatic rings. The summed E-state index contributed by atoms with van der Waals surface area (Å²) in [6, 6.07) is 0.639. The Balaban J connectivity index is 2.35. The molecule has 0 radical (unpaired) electrons. The van der Waals surface area contributed by atoms with Crippen LogP contribution in [0, 0.1) is 11.8 Å². The predicted octanol–water partition coefficient (Wildman–Crippen LogP) is 2.95. The van der Waals surface area contributed by atoms with E-state index in [1.165, 1.54) is 25.7 Å². The Morgan fingerprint density at radius 2 is 2.00 bits per heavy atom. The summed E-state index contributed by atoms with van der Waals surface area (Å²) in [5, 5.41) is 13.9. The molecule has 0 aromatic heterocycles. The topological polar surface area (TPSA) is 32.3 Å². The second-order valence-corrected chi connectivity index (χ2v) is 5.78. The molecule has 2 heteroatoms. The van der Waals surface area contributed by atoms with Crippen molar-refractivity contribution in [1.29, 1.82) is 0 Å². The Bertz CT molecular complexity index is 199. The normalized spacial score (nSPS) is 23.8. The Morgan fingerprint density at radius 3 is 2.44 bits per heavy atom. The van der Waals surface area contributed by atoms with Crippen LogP contribution in [0.1, 0.15) is 59.8 Å². The van der Waals surface area contributed by atoms with Crippen LogP contribution in [0.5, 0.6) is 0 Å². The summed E-state index contributed by atoms with van der Waals surface area (Å²) in [4.78, 5) is 0. The summed E-state index contributed by atoms with van der Waals surface area (Å²) in [5.74, 6) is 1.24. The van der Waals surface area contributed by atoms with E-state index in [9.17, 15) is 5.11 Å². The van der Waals surface area contributed by atoms with E-state index in [1.807, 2.05) is 6.92 Å². The number of hydrogen-bond acceptors (Lipinski definition) is 2. The molecule has 1 aliphatic rings. The Labute approximate surface area is 101 Å². The molecule has 1 fully saturated rings. The first kappa shape index (κ1) is 14.0. The van der Waals surface area contributed by atoms with Gasteiger partial charge in [-0.15, -0.1) is 0 Å². The number of rotatable bonds is 8. The molecule has 0 amide bonds. The molecular weight excluding hydrogens is 198 g/mol. The van der Waals surface area contributed by atoms with Crippen molar-refractivity contribution < 1.29 is 5.11 Å². The molecule has 1 rings (SSSR count). The van der Waals surface area contributed by atoms with E-state index in [-0.39, 0.29) is 0 Å². The van der Waals surface area contributed by atoms with Crippen molar-refractivity contribution >= 4 is 0 Å². The highest BCUT2D eigenvalue weighted by atomic mass is 16.3. The van der Waals surface area contributed by atoms with Crippen molar-refractivity contribution in [2.75, 3.05) is 6.54 Å². The van der Waals surface area contributed by atoms with Crippen LogP contribution in [0.4, 0.5) is 0 Å². The van der Waals surface area contributed by atoms with Crippen LogP contribution in [-0.2, 0) is 0 Å². The molecule has 96 valence electrons.